The van der Waals surface area contributed by atoms with Crippen LogP contribution in [0.1, 0.15) is 31.2 Å². The molecule has 0 saturated heterocycles. The maximum Gasteiger partial charge on any atom is 0.202 e. The van der Waals surface area contributed by atoms with Crippen LogP contribution in [0.25, 0.3) is 11.0 Å². The molecule has 0 aliphatic heterocycles. The van der Waals surface area contributed by atoms with Crippen molar-refractivity contribution in [2.75, 3.05) is 5.32 Å². The number of nitrogens with one attached hydrogen (secondary N) is 2. The van der Waals surface area contributed by atoms with Gasteiger partial charge in [0.1, 0.15) is 5.82 Å². The summed E-state index contributed by atoms with van der Waals surface area (Å²) in [6, 6.07) is 6.18. The van der Waals surface area contributed by atoms with E-state index in [0.29, 0.717) is 5.92 Å². The minimum atomic E-state index is 0.369. The highest BCUT2D eigenvalue weighted by Crippen LogP contribution is 2.18. The first-order valence-corrected chi connectivity index (χ1v) is 6.99. The fraction of sp³-hybridized carbons (Fsp3) is 0.308. The molecule has 0 aliphatic carbocycles. The molecule has 0 unspecified atom stereocenters. The molecule has 0 amide bonds. The Kier molecular flexibility index (Phi) is 3.16. The van der Waals surface area contributed by atoms with Crippen LogP contribution in [0.2, 0.25) is 0 Å². The Morgan fingerprint density at radius 1 is 1.37 bits per heavy atom. The maximum absolute atomic E-state index is 4.45. The number of aromatic amines is 1. The third kappa shape index (κ3) is 2.58. The molecule has 2 N–H and O–H groups in total. The van der Waals surface area contributed by atoms with E-state index in [1.54, 1.807) is 6.33 Å². The van der Waals surface area contributed by atoms with E-state index in [0.717, 1.165) is 28.5 Å². The monoisotopic (exact) mass is 273 g/mol. The van der Waals surface area contributed by atoms with Crippen LogP contribution in [0.4, 0.5) is 5.13 Å². The maximum atomic E-state index is 4.45. The van der Waals surface area contributed by atoms with Crippen molar-refractivity contribution in [2.45, 2.75) is 26.3 Å². The van der Waals surface area contributed by atoms with Crippen LogP contribution in [-0.4, -0.2) is 19.3 Å². The number of benzene rings is 1. The van der Waals surface area contributed by atoms with Crippen molar-refractivity contribution in [3.8, 4) is 0 Å². The van der Waals surface area contributed by atoms with Gasteiger partial charge in [-0.1, -0.05) is 19.9 Å². The molecule has 5 nitrogen and oxygen atoms in total. The fourth-order valence-electron chi connectivity index (χ4n) is 1.81. The molecule has 0 spiro atoms. The molecule has 0 aliphatic rings. The number of hydrogen-bond donors (Lipinski definition) is 2. The summed E-state index contributed by atoms with van der Waals surface area (Å²) >= 11 is 1.41. The Morgan fingerprint density at radius 2 is 2.26 bits per heavy atom. The van der Waals surface area contributed by atoms with Crippen molar-refractivity contribution in [1.82, 2.24) is 19.3 Å². The second-order valence-electron chi connectivity index (χ2n) is 4.72. The zero-order chi connectivity index (χ0) is 13.2. The highest BCUT2D eigenvalue weighted by atomic mass is 32.1. The molecule has 1 aromatic carbocycles. The molecular weight excluding hydrogens is 258 g/mol. The first kappa shape index (κ1) is 12.1. The van der Waals surface area contributed by atoms with Crippen molar-refractivity contribution in [1.29, 1.82) is 0 Å². The molecule has 2 heterocycles. The lowest BCUT2D eigenvalue weighted by Crippen LogP contribution is -1.99. The van der Waals surface area contributed by atoms with Crippen LogP contribution in [0.5, 0.6) is 0 Å². The number of aromatic nitrogens is 4. The van der Waals surface area contributed by atoms with Gasteiger partial charge in [0.15, 0.2) is 0 Å². The van der Waals surface area contributed by atoms with Crippen LogP contribution >= 0.6 is 11.5 Å². The van der Waals surface area contributed by atoms with E-state index in [-0.39, 0.29) is 0 Å². The topological polar surface area (TPSA) is 66.5 Å². The number of anilines is 1. The van der Waals surface area contributed by atoms with Gasteiger partial charge < -0.3 is 10.3 Å². The normalized spacial score (nSPS) is 11.3. The summed E-state index contributed by atoms with van der Waals surface area (Å²) < 4.78 is 4.32. The molecule has 6 heteroatoms. The predicted octanol–water partition coefficient (Wildman–Crippen LogP) is 3.15. The van der Waals surface area contributed by atoms with Crippen molar-refractivity contribution < 1.29 is 0 Å². The van der Waals surface area contributed by atoms with Gasteiger partial charge >= 0.3 is 0 Å². The lowest BCUT2D eigenvalue weighted by atomic mass is 10.2. The molecular formula is C13H15N5S. The SMILES string of the molecule is CC(C)c1nsc(NCc2ccc3nc[nH]c3c2)n1. The minimum Gasteiger partial charge on any atom is -0.356 e. The first-order valence-electron chi connectivity index (χ1n) is 6.22. The Hall–Kier alpha value is -1.95. The number of imidazole rings is 1. The third-order valence-electron chi connectivity index (χ3n) is 2.89. The summed E-state index contributed by atoms with van der Waals surface area (Å²) in [5.74, 6) is 1.27. The number of nitrogens with zero attached hydrogens (tertiary/aromatic N) is 3. The van der Waals surface area contributed by atoms with Gasteiger partial charge in [0.2, 0.25) is 5.13 Å². The molecule has 0 radical (unpaired) electrons. The van der Waals surface area contributed by atoms with Crippen LogP contribution in [0, 0.1) is 0 Å². The van der Waals surface area contributed by atoms with Gasteiger partial charge in [-0.2, -0.15) is 4.37 Å². The van der Waals surface area contributed by atoms with E-state index in [9.17, 15) is 0 Å². The summed E-state index contributed by atoms with van der Waals surface area (Å²) in [7, 11) is 0. The number of fused-ring (bicyclic) bond motifs is 1. The molecule has 0 saturated carbocycles. The Balaban J connectivity index is 1.70. The van der Waals surface area contributed by atoms with Gasteiger partial charge in [0.05, 0.1) is 17.4 Å². The van der Waals surface area contributed by atoms with E-state index in [1.807, 2.05) is 6.07 Å². The second-order valence-corrected chi connectivity index (χ2v) is 5.47. The van der Waals surface area contributed by atoms with Gasteiger partial charge in [0, 0.05) is 24.0 Å². The highest BCUT2D eigenvalue weighted by molar-refractivity contribution is 7.09. The number of rotatable bonds is 4. The average Bonchev–Trinajstić information content (AvgIpc) is 3.04. The van der Waals surface area contributed by atoms with E-state index < -0.39 is 0 Å². The molecule has 3 aromatic rings. The van der Waals surface area contributed by atoms with Crippen LogP contribution in [0.15, 0.2) is 24.5 Å². The van der Waals surface area contributed by atoms with E-state index in [1.165, 1.54) is 17.1 Å². The van der Waals surface area contributed by atoms with Crippen LogP contribution in [-0.2, 0) is 6.54 Å². The molecule has 0 fully saturated rings. The summed E-state index contributed by atoms with van der Waals surface area (Å²) in [4.78, 5) is 11.8. The average molecular weight is 273 g/mol. The molecule has 0 atom stereocenters. The Labute approximate surface area is 115 Å². The Morgan fingerprint density at radius 3 is 3.05 bits per heavy atom. The van der Waals surface area contributed by atoms with Crippen LogP contribution < -0.4 is 5.32 Å². The van der Waals surface area contributed by atoms with Crippen molar-refractivity contribution in [2.24, 2.45) is 0 Å². The van der Waals surface area contributed by atoms with Gasteiger partial charge in [-0.05, 0) is 17.7 Å². The quantitative estimate of drug-likeness (QED) is 0.766. The predicted molar refractivity (Wildman–Crippen MR) is 77.4 cm³/mol. The summed E-state index contributed by atoms with van der Waals surface area (Å²) in [6.45, 7) is 4.93. The number of H-pyrrole nitrogens is 1. The largest absolute Gasteiger partial charge is 0.356 e. The first-order chi connectivity index (χ1) is 9.22. The molecule has 0 bridgehead atoms. The summed E-state index contributed by atoms with van der Waals surface area (Å²) in [6.07, 6.45) is 1.71. The van der Waals surface area contributed by atoms with Gasteiger partial charge in [-0.3, -0.25) is 0 Å². The minimum absolute atomic E-state index is 0.369. The third-order valence-corrected chi connectivity index (χ3v) is 3.57. The lowest BCUT2D eigenvalue weighted by Gasteiger charge is -2.02. The number of hydrogen-bond acceptors (Lipinski definition) is 5. The van der Waals surface area contributed by atoms with Crippen molar-refractivity contribution in [3.63, 3.8) is 0 Å². The summed E-state index contributed by atoms with van der Waals surface area (Å²) in [5, 5.41) is 4.17. The smallest absolute Gasteiger partial charge is 0.202 e. The lowest BCUT2D eigenvalue weighted by molar-refractivity contribution is 0.799. The van der Waals surface area contributed by atoms with E-state index >= 15 is 0 Å². The van der Waals surface area contributed by atoms with Gasteiger partial charge in [-0.25, -0.2) is 9.97 Å². The van der Waals surface area contributed by atoms with Crippen molar-refractivity contribution >= 4 is 27.7 Å². The molecule has 98 valence electrons. The zero-order valence-electron chi connectivity index (χ0n) is 10.8. The molecule has 2 aromatic heterocycles. The van der Waals surface area contributed by atoms with Crippen LogP contribution in [0.3, 0.4) is 0 Å². The highest BCUT2D eigenvalue weighted by Gasteiger charge is 2.07. The van der Waals surface area contributed by atoms with E-state index in [4.69, 9.17) is 0 Å². The van der Waals surface area contributed by atoms with Gasteiger partial charge in [-0.15, -0.1) is 0 Å². The summed E-state index contributed by atoms with van der Waals surface area (Å²) in [5.41, 5.74) is 3.24. The van der Waals surface area contributed by atoms with Gasteiger partial charge in [0.25, 0.3) is 0 Å². The van der Waals surface area contributed by atoms with Crippen molar-refractivity contribution in [3.05, 3.63) is 35.9 Å². The van der Waals surface area contributed by atoms with E-state index in [2.05, 4.69) is 50.6 Å². The Bertz CT molecular complexity index is 685. The fourth-order valence-corrected chi connectivity index (χ4v) is 2.51. The molecule has 19 heavy (non-hydrogen) atoms. The molecule has 3 rings (SSSR count). The zero-order valence-corrected chi connectivity index (χ0v) is 11.7. The second kappa shape index (κ2) is 4.97. The standard InChI is InChI=1S/C13H15N5S/c1-8(2)12-17-13(19-18-12)14-6-9-3-4-10-11(5-9)16-7-15-10/h3-5,7-8H,6H2,1-2H3,(H,15,16)(H,14,17,18).